The van der Waals surface area contributed by atoms with E-state index in [2.05, 4.69) is 32.4 Å². The van der Waals surface area contributed by atoms with Crippen molar-refractivity contribution in [3.8, 4) is 11.1 Å². The van der Waals surface area contributed by atoms with Gasteiger partial charge in [-0.2, -0.15) is 0 Å². The Bertz CT molecular complexity index is 967. The average molecular weight is 294 g/mol. The van der Waals surface area contributed by atoms with Gasteiger partial charge in [-0.05, 0) is 42.9 Å². The van der Waals surface area contributed by atoms with Crippen LogP contribution in [0.5, 0.6) is 0 Å². The molecule has 0 aliphatic heterocycles. The smallest absolute Gasteiger partial charge is 0.125 e. The first-order valence-corrected chi connectivity index (χ1v) is 7.15. The Morgan fingerprint density at radius 3 is 2.91 bits per heavy atom. The van der Waals surface area contributed by atoms with Crippen LogP contribution in [0.25, 0.3) is 33.1 Å². The van der Waals surface area contributed by atoms with E-state index in [1.165, 1.54) is 12.1 Å². The highest BCUT2D eigenvalue weighted by Crippen LogP contribution is 2.30. The number of benzene rings is 2. The highest BCUT2D eigenvalue weighted by Gasteiger charge is 2.09. The van der Waals surface area contributed by atoms with Crippen LogP contribution in [0.4, 0.5) is 4.39 Å². The maximum atomic E-state index is 13.3. The van der Waals surface area contributed by atoms with Crippen molar-refractivity contribution >= 4 is 21.9 Å². The number of aromatic amines is 2. The molecule has 0 fully saturated rings. The fourth-order valence-corrected chi connectivity index (χ4v) is 2.81. The summed E-state index contributed by atoms with van der Waals surface area (Å²) in [4.78, 5) is 11.0. The van der Waals surface area contributed by atoms with Crippen molar-refractivity contribution in [1.29, 1.82) is 0 Å². The zero-order chi connectivity index (χ0) is 15.1. The zero-order valence-corrected chi connectivity index (χ0v) is 12.1. The molecular formula is C17H15FN4. The number of nitrogens with one attached hydrogen (secondary N) is 3. The number of imidazole rings is 1. The van der Waals surface area contributed by atoms with Gasteiger partial charge in [0.1, 0.15) is 11.6 Å². The number of H-pyrrole nitrogens is 2. The van der Waals surface area contributed by atoms with Crippen molar-refractivity contribution in [2.45, 2.75) is 6.54 Å². The van der Waals surface area contributed by atoms with Gasteiger partial charge in [-0.3, -0.25) is 0 Å². The van der Waals surface area contributed by atoms with E-state index in [4.69, 9.17) is 0 Å². The molecule has 3 N–H and O–H groups in total. The molecule has 0 radical (unpaired) electrons. The van der Waals surface area contributed by atoms with Crippen LogP contribution in [0.3, 0.4) is 0 Å². The predicted octanol–water partition coefficient (Wildman–Crippen LogP) is 3.57. The van der Waals surface area contributed by atoms with Crippen molar-refractivity contribution in [3.05, 3.63) is 54.2 Å². The Morgan fingerprint density at radius 2 is 2.05 bits per heavy atom. The fourth-order valence-electron chi connectivity index (χ4n) is 2.81. The first kappa shape index (κ1) is 13.0. The van der Waals surface area contributed by atoms with Gasteiger partial charge in [-0.1, -0.05) is 6.07 Å². The van der Waals surface area contributed by atoms with Gasteiger partial charge < -0.3 is 15.3 Å². The van der Waals surface area contributed by atoms with E-state index in [9.17, 15) is 4.39 Å². The second kappa shape index (κ2) is 4.96. The van der Waals surface area contributed by atoms with E-state index in [-0.39, 0.29) is 5.82 Å². The molecule has 0 spiro atoms. The lowest BCUT2D eigenvalue weighted by Crippen LogP contribution is -2.06. The number of nitrogens with zero attached hydrogens (tertiary/aromatic N) is 1. The second-order valence-electron chi connectivity index (χ2n) is 5.34. The van der Waals surface area contributed by atoms with E-state index >= 15 is 0 Å². The van der Waals surface area contributed by atoms with Crippen molar-refractivity contribution in [2.75, 3.05) is 7.05 Å². The van der Waals surface area contributed by atoms with E-state index in [1.807, 2.05) is 19.3 Å². The molecule has 2 aromatic heterocycles. The highest BCUT2D eigenvalue weighted by molar-refractivity contribution is 5.97. The summed E-state index contributed by atoms with van der Waals surface area (Å²) in [5.41, 5.74) is 4.86. The summed E-state index contributed by atoms with van der Waals surface area (Å²) in [6.45, 7) is 0.705. The molecule has 2 heterocycles. The summed E-state index contributed by atoms with van der Waals surface area (Å²) < 4.78 is 13.3. The first-order chi connectivity index (χ1) is 10.7. The molecule has 110 valence electrons. The molecule has 4 nitrogen and oxygen atoms in total. The number of fused-ring (bicyclic) bond motifs is 2. The fraction of sp³-hybridized carbons (Fsp3) is 0.118. The van der Waals surface area contributed by atoms with Crippen molar-refractivity contribution < 1.29 is 4.39 Å². The molecule has 0 aliphatic carbocycles. The summed E-state index contributed by atoms with van der Waals surface area (Å²) in [6, 6.07) is 10.9. The maximum Gasteiger partial charge on any atom is 0.125 e. The number of hydrogen-bond acceptors (Lipinski definition) is 2. The van der Waals surface area contributed by atoms with Crippen LogP contribution in [-0.4, -0.2) is 22.0 Å². The molecular weight excluding hydrogens is 279 g/mol. The minimum atomic E-state index is -0.236. The molecule has 5 heteroatoms. The molecule has 0 atom stereocenters. The normalized spacial score (nSPS) is 11.5. The molecule has 0 saturated heterocycles. The second-order valence-corrected chi connectivity index (χ2v) is 5.34. The van der Waals surface area contributed by atoms with Crippen LogP contribution >= 0.6 is 0 Å². The summed E-state index contributed by atoms with van der Waals surface area (Å²) in [5.74, 6) is 0.677. The van der Waals surface area contributed by atoms with E-state index < -0.39 is 0 Å². The van der Waals surface area contributed by atoms with E-state index in [1.54, 1.807) is 6.07 Å². The third-order valence-electron chi connectivity index (χ3n) is 3.83. The lowest BCUT2D eigenvalue weighted by Gasteiger charge is -2.00. The third-order valence-corrected chi connectivity index (χ3v) is 3.83. The van der Waals surface area contributed by atoms with Crippen LogP contribution in [-0.2, 0) is 6.54 Å². The van der Waals surface area contributed by atoms with Gasteiger partial charge >= 0.3 is 0 Å². The topological polar surface area (TPSA) is 56.5 Å². The molecule has 0 unspecified atom stereocenters. The van der Waals surface area contributed by atoms with Crippen LogP contribution in [0.1, 0.15) is 5.82 Å². The van der Waals surface area contributed by atoms with Crippen LogP contribution in [0, 0.1) is 5.82 Å². The highest BCUT2D eigenvalue weighted by atomic mass is 19.1. The monoisotopic (exact) mass is 294 g/mol. The Balaban J connectivity index is 1.85. The molecule has 22 heavy (non-hydrogen) atoms. The lowest BCUT2D eigenvalue weighted by molar-refractivity contribution is 0.629. The van der Waals surface area contributed by atoms with Crippen LogP contribution in [0.15, 0.2) is 42.6 Å². The van der Waals surface area contributed by atoms with E-state index in [0.717, 1.165) is 38.9 Å². The van der Waals surface area contributed by atoms with Gasteiger partial charge in [0.05, 0.1) is 17.6 Å². The zero-order valence-electron chi connectivity index (χ0n) is 12.1. The first-order valence-electron chi connectivity index (χ1n) is 7.15. The minimum absolute atomic E-state index is 0.236. The van der Waals surface area contributed by atoms with Gasteiger partial charge in [0.15, 0.2) is 0 Å². The Morgan fingerprint density at radius 1 is 1.14 bits per heavy atom. The van der Waals surface area contributed by atoms with Crippen LogP contribution in [0.2, 0.25) is 0 Å². The lowest BCUT2D eigenvalue weighted by atomic mass is 10.0. The Hall–Kier alpha value is -2.66. The van der Waals surface area contributed by atoms with Gasteiger partial charge in [0.25, 0.3) is 0 Å². The molecule has 0 bridgehead atoms. The maximum absolute atomic E-state index is 13.3. The van der Waals surface area contributed by atoms with Crippen LogP contribution < -0.4 is 5.32 Å². The largest absolute Gasteiger partial charge is 0.360 e. The molecule has 0 amide bonds. The van der Waals surface area contributed by atoms with E-state index in [0.29, 0.717) is 6.54 Å². The molecule has 0 saturated carbocycles. The van der Waals surface area contributed by atoms with Crippen molar-refractivity contribution in [1.82, 2.24) is 20.3 Å². The average Bonchev–Trinajstić information content (AvgIpc) is 3.09. The SMILES string of the molecule is CNCc1nc2cc(-c3c[nH]c4cc(F)ccc34)ccc2[nH]1. The molecule has 4 rings (SSSR count). The Labute approximate surface area is 126 Å². The third kappa shape index (κ3) is 2.07. The standard InChI is InChI=1S/C17H15FN4/c1-19-9-17-21-14-5-2-10(6-16(14)22-17)13-8-20-15-7-11(18)3-4-12(13)15/h2-8,19-20H,9H2,1H3,(H,21,22). The summed E-state index contributed by atoms with van der Waals surface area (Å²) in [7, 11) is 1.89. The Kier molecular flexibility index (Phi) is 2.94. The molecule has 2 aromatic carbocycles. The van der Waals surface area contributed by atoms with Gasteiger partial charge in [-0.15, -0.1) is 0 Å². The quantitative estimate of drug-likeness (QED) is 0.541. The van der Waals surface area contributed by atoms with Crippen molar-refractivity contribution in [3.63, 3.8) is 0 Å². The van der Waals surface area contributed by atoms with Crippen molar-refractivity contribution in [2.24, 2.45) is 0 Å². The minimum Gasteiger partial charge on any atom is -0.360 e. The summed E-state index contributed by atoms with van der Waals surface area (Å²) in [5, 5.41) is 4.09. The van der Waals surface area contributed by atoms with Gasteiger partial charge in [0, 0.05) is 22.7 Å². The van der Waals surface area contributed by atoms with Gasteiger partial charge in [0.2, 0.25) is 0 Å². The number of halogens is 1. The number of rotatable bonds is 3. The predicted molar refractivity (Wildman–Crippen MR) is 86.1 cm³/mol. The summed E-state index contributed by atoms with van der Waals surface area (Å²) in [6.07, 6.45) is 1.91. The molecule has 4 aromatic rings. The summed E-state index contributed by atoms with van der Waals surface area (Å²) >= 11 is 0. The molecule has 0 aliphatic rings. The van der Waals surface area contributed by atoms with Gasteiger partial charge in [-0.25, -0.2) is 9.37 Å². The number of hydrogen-bond donors (Lipinski definition) is 3. The number of aromatic nitrogens is 3.